The number of fused-ring (bicyclic) bond motifs is 1. The van der Waals surface area contributed by atoms with Crippen molar-refractivity contribution in [1.29, 1.82) is 5.26 Å². The van der Waals surface area contributed by atoms with Gasteiger partial charge in [0.25, 0.3) is 0 Å². The van der Waals surface area contributed by atoms with Crippen LogP contribution >= 0.6 is 27.5 Å². The number of nitrogens with one attached hydrogen (secondary N) is 1. The third kappa shape index (κ3) is 2.73. The molecule has 3 aromatic rings. The highest BCUT2D eigenvalue weighted by molar-refractivity contribution is 9.10. The summed E-state index contributed by atoms with van der Waals surface area (Å²) in [6, 6.07) is 19.4. The fourth-order valence-electron chi connectivity index (χ4n) is 2.20. The van der Waals surface area contributed by atoms with Crippen LogP contribution < -0.4 is 5.32 Å². The third-order valence-electron chi connectivity index (χ3n) is 3.24. The van der Waals surface area contributed by atoms with Gasteiger partial charge in [-0.3, -0.25) is 0 Å². The van der Waals surface area contributed by atoms with Crippen molar-refractivity contribution in [3.8, 4) is 6.07 Å². The van der Waals surface area contributed by atoms with Crippen molar-refractivity contribution in [2.45, 2.75) is 0 Å². The fourth-order valence-corrected chi connectivity index (χ4v) is 2.91. The topological polar surface area (TPSA) is 35.8 Å². The Morgan fingerprint density at radius 2 is 1.67 bits per heavy atom. The van der Waals surface area contributed by atoms with Gasteiger partial charge in [-0.1, -0.05) is 51.8 Å². The predicted molar refractivity (Wildman–Crippen MR) is 91.1 cm³/mol. The first-order valence-corrected chi connectivity index (χ1v) is 7.50. The SMILES string of the molecule is N#Cc1ccc(Nc2ccc(Br)c3ccccc23)c(Cl)c1. The van der Waals surface area contributed by atoms with Crippen molar-refractivity contribution in [3.63, 3.8) is 0 Å². The summed E-state index contributed by atoms with van der Waals surface area (Å²) in [6.45, 7) is 0. The van der Waals surface area contributed by atoms with E-state index in [-0.39, 0.29) is 0 Å². The summed E-state index contributed by atoms with van der Waals surface area (Å²) in [7, 11) is 0. The maximum Gasteiger partial charge on any atom is 0.0992 e. The van der Waals surface area contributed by atoms with E-state index in [2.05, 4.69) is 39.4 Å². The molecule has 0 saturated carbocycles. The molecule has 21 heavy (non-hydrogen) atoms. The Labute approximate surface area is 136 Å². The largest absolute Gasteiger partial charge is 0.354 e. The van der Waals surface area contributed by atoms with Crippen LogP contribution in [0.15, 0.2) is 59.1 Å². The minimum absolute atomic E-state index is 0.529. The molecule has 0 amide bonds. The molecule has 0 aliphatic heterocycles. The van der Waals surface area contributed by atoms with Crippen LogP contribution in [0.5, 0.6) is 0 Å². The second kappa shape index (κ2) is 5.77. The summed E-state index contributed by atoms with van der Waals surface area (Å²) >= 11 is 9.78. The first kappa shape index (κ1) is 13.9. The number of hydrogen-bond acceptors (Lipinski definition) is 2. The number of nitriles is 1. The molecular formula is C17H10BrClN2. The van der Waals surface area contributed by atoms with Gasteiger partial charge in [-0.15, -0.1) is 0 Å². The van der Waals surface area contributed by atoms with Crippen LogP contribution in [-0.2, 0) is 0 Å². The lowest BCUT2D eigenvalue weighted by atomic mass is 10.1. The van der Waals surface area contributed by atoms with Crippen molar-refractivity contribution >= 4 is 49.7 Å². The highest BCUT2D eigenvalue weighted by Gasteiger charge is 2.07. The van der Waals surface area contributed by atoms with E-state index in [1.165, 1.54) is 0 Å². The molecule has 0 aliphatic carbocycles. The molecule has 4 heteroatoms. The van der Waals surface area contributed by atoms with E-state index >= 15 is 0 Å². The average Bonchev–Trinajstić information content (AvgIpc) is 2.52. The zero-order chi connectivity index (χ0) is 14.8. The standard InChI is InChI=1S/C17H10BrClN2/c18-14-6-8-16(13-4-2-1-3-12(13)14)21-17-7-5-11(10-20)9-15(17)19/h1-9,21H. The molecule has 3 aromatic carbocycles. The number of anilines is 2. The minimum Gasteiger partial charge on any atom is -0.354 e. The van der Waals surface area contributed by atoms with Crippen molar-refractivity contribution in [1.82, 2.24) is 0 Å². The molecule has 102 valence electrons. The molecule has 0 fully saturated rings. The van der Waals surface area contributed by atoms with Crippen molar-refractivity contribution < 1.29 is 0 Å². The van der Waals surface area contributed by atoms with Gasteiger partial charge in [-0.2, -0.15) is 5.26 Å². The second-order valence-corrected chi connectivity index (χ2v) is 5.83. The average molecular weight is 358 g/mol. The van der Waals surface area contributed by atoms with Gasteiger partial charge in [0.15, 0.2) is 0 Å². The Morgan fingerprint density at radius 3 is 2.38 bits per heavy atom. The minimum atomic E-state index is 0.529. The zero-order valence-corrected chi connectivity index (χ0v) is 13.2. The van der Waals surface area contributed by atoms with Crippen LogP contribution in [0.3, 0.4) is 0 Å². The molecule has 0 radical (unpaired) electrons. The van der Waals surface area contributed by atoms with E-state index in [4.69, 9.17) is 16.9 Å². The Kier molecular flexibility index (Phi) is 3.83. The van der Waals surface area contributed by atoms with Gasteiger partial charge in [0.05, 0.1) is 22.3 Å². The van der Waals surface area contributed by atoms with Crippen LogP contribution in [0.25, 0.3) is 10.8 Å². The molecule has 0 spiro atoms. The number of nitrogens with zero attached hydrogens (tertiary/aromatic N) is 1. The lowest BCUT2D eigenvalue weighted by Gasteiger charge is -2.12. The highest BCUT2D eigenvalue weighted by atomic mass is 79.9. The van der Waals surface area contributed by atoms with Crippen LogP contribution in [-0.4, -0.2) is 0 Å². The molecule has 0 aliphatic rings. The molecule has 0 aromatic heterocycles. The quantitative estimate of drug-likeness (QED) is 0.622. The number of hydrogen-bond donors (Lipinski definition) is 1. The molecule has 0 heterocycles. The number of benzene rings is 3. The normalized spacial score (nSPS) is 10.3. The second-order valence-electron chi connectivity index (χ2n) is 4.57. The summed E-state index contributed by atoms with van der Waals surface area (Å²) in [4.78, 5) is 0. The van der Waals surface area contributed by atoms with E-state index < -0.39 is 0 Å². The van der Waals surface area contributed by atoms with Gasteiger partial charge in [0.2, 0.25) is 0 Å². The molecule has 1 N–H and O–H groups in total. The monoisotopic (exact) mass is 356 g/mol. The zero-order valence-electron chi connectivity index (χ0n) is 10.9. The van der Waals surface area contributed by atoms with Crippen LogP contribution in [0.2, 0.25) is 5.02 Å². The van der Waals surface area contributed by atoms with Crippen molar-refractivity contribution in [3.05, 3.63) is 69.7 Å². The van der Waals surface area contributed by atoms with Crippen molar-refractivity contribution in [2.24, 2.45) is 0 Å². The lowest BCUT2D eigenvalue weighted by Crippen LogP contribution is -1.93. The molecular weight excluding hydrogens is 348 g/mol. The number of rotatable bonds is 2. The van der Waals surface area contributed by atoms with Gasteiger partial charge in [-0.05, 0) is 35.7 Å². The Balaban J connectivity index is 2.07. The fraction of sp³-hybridized carbons (Fsp3) is 0. The van der Waals surface area contributed by atoms with Gasteiger partial charge in [0, 0.05) is 15.5 Å². The van der Waals surface area contributed by atoms with Crippen LogP contribution in [0.4, 0.5) is 11.4 Å². The molecule has 3 rings (SSSR count). The van der Waals surface area contributed by atoms with Gasteiger partial charge < -0.3 is 5.32 Å². The number of halogens is 2. The summed E-state index contributed by atoms with van der Waals surface area (Å²) in [5, 5.41) is 15.0. The van der Waals surface area contributed by atoms with E-state index in [0.717, 1.165) is 26.6 Å². The Morgan fingerprint density at radius 1 is 0.952 bits per heavy atom. The Bertz CT molecular complexity index is 868. The van der Waals surface area contributed by atoms with E-state index in [1.54, 1.807) is 12.1 Å². The maximum atomic E-state index is 8.88. The summed E-state index contributed by atoms with van der Waals surface area (Å²) in [6.07, 6.45) is 0. The van der Waals surface area contributed by atoms with Crippen LogP contribution in [0, 0.1) is 11.3 Å². The van der Waals surface area contributed by atoms with Crippen molar-refractivity contribution in [2.75, 3.05) is 5.32 Å². The van der Waals surface area contributed by atoms with Gasteiger partial charge in [-0.25, -0.2) is 0 Å². The molecule has 0 saturated heterocycles. The highest BCUT2D eigenvalue weighted by Crippen LogP contribution is 2.33. The molecule has 0 atom stereocenters. The Hall–Kier alpha value is -2.02. The summed E-state index contributed by atoms with van der Waals surface area (Å²) in [5.41, 5.74) is 2.30. The summed E-state index contributed by atoms with van der Waals surface area (Å²) < 4.78 is 1.05. The van der Waals surface area contributed by atoms with E-state index in [1.807, 2.05) is 30.3 Å². The first-order valence-electron chi connectivity index (χ1n) is 6.33. The van der Waals surface area contributed by atoms with E-state index in [9.17, 15) is 0 Å². The van der Waals surface area contributed by atoms with Gasteiger partial charge in [0.1, 0.15) is 0 Å². The predicted octanol–water partition coefficient (Wildman–Crippen LogP) is 5.87. The third-order valence-corrected chi connectivity index (χ3v) is 4.24. The van der Waals surface area contributed by atoms with Gasteiger partial charge >= 0.3 is 0 Å². The molecule has 2 nitrogen and oxygen atoms in total. The van der Waals surface area contributed by atoms with E-state index in [0.29, 0.717) is 10.6 Å². The van der Waals surface area contributed by atoms with Crippen LogP contribution in [0.1, 0.15) is 5.56 Å². The first-order chi connectivity index (χ1) is 10.2. The maximum absolute atomic E-state index is 8.88. The molecule has 0 bridgehead atoms. The molecule has 0 unspecified atom stereocenters. The lowest BCUT2D eigenvalue weighted by molar-refractivity contribution is 1.48. The summed E-state index contributed by atoms with van der Waals surface area (Å²) in [5.74, 6) is 0. The smallest absolute Gasteiger partial charge is 0.0992 e.